The fraction of sp³-hybridized carbons (Fsp3) is 0.429. The molecule has 13 heavy (non-hydrogen) atoms. The molecule has 1 aromatic heterocycles. The number of nitrogens with one attached hydrogen (secondary N) is 2. The van der Waals surface area contributed by atoms with Crippen LogP contribution in [0.5, 0.6) is 0 Å². The number of aliphatic imine (C=N–C) groups is 1. The molecule has 0 saturated carbocycles. The predicted octanol–water partition coefficient (Wildman–Crippen LogP) is -0.478. The summed E-state index contributed by atoms with van der Waals surface area (Å²) in [6, 6.07) is 1.84. The van der Waals surface area contributed by atoms with Crippen LogP contribution >= 0.6 is 0 Å². The van der Waals surface area contributed by atoms with Gasteiger partial charge < -0.3 is 9.84 Å². The zero-order valence-corrected chi connectivity index (χ0v) is 7.66. The van der Waals surface area contributed by atoms with Crippen molar-refractivity contribution in [2.75, 3.05) is 7.05 Å². The van der Waals surface area contributed by atoms with E-state index in [0.29, 0.717) is 12.5 Å². The molecule has 0 atom stereocenters. The van der Waals surface area contributed by atoms with Crippen LogP contribution in [0.4, 0.5) is 0 Å². The predicted molar refractivity (Wildman–Crippen MR) is 48.8 cm³/mol. The Morgan fingerprint density at radius 2 is 2.54 bits per heavy atom. The molecule has 6 nitrogen and oxygen atoms in total. The Kier molecular flexibility index (Phi) is 3.27. The Morgan fingerprint density at radius 3 is 3.00 bits per heavy atom. The quantitative estimate of drug-likeness (QED) is 0.249. The molecule has 0 aliphatic heterocycles. The molecule has 0 unspecified atom stereocenters. The minimum atomic E-state index is 0.514. The van der Waals surface area contributed by atoms with Crippen molar-refractivity contribution in [1.29, 1.82) is 0 Å². The van der Waals surface area contributed by atoms with Crippen molar-refractivity contribution in [2.45, 2.75) is 13.5 Å². The molecular formula is C7H13N5O. The SMILES string of the molecule is CN=C(NN)NCc1cc(C)on1. The monoisotopic (exact) mass is 183 g/mol. The smallest absolute Gasteiger partial charge is 0.205 e. The molecule has 1 aromatic rings. The fourth-order valence-electron chi connectivity index (χ4n) is 0.870. The second kappa shape index (κ2) is 4.46. The summed E-state index contributed by atoms with van der Waals surface area (Å²) >= 11 is 0. The van der Waals surface area contributed by atoms with Crippen LogP contribution in [0, 0.1) is 6.92 Å². The summed E-state index contributed by atoms with van der Waals surface area (Å²) in [4.78, 5) is 3.84. The molecule has 0 aliphatic carbocycles. The molecule has 72 valence electrons. The van der Waals surface area contributed by atoms with Crippen LogP contribution in [-0.4, -0.2) is 18.2 Å². The first-order chi connectivity index (χ1) is 6.26. The van der Waals surface area contributed by atoms with E-state index < -0.39 is 0 Å². The van der Waals surface area contributed by atoms with Gasteiger partial charge in [0, 0.05) is 13.1 Å². The van der Waals surface area contributed by atoms with Gasteiger partial charge in [-0.05, 0) is 6.92 Å². The van der Waals surface area contributed by atoms with E-state index in [0.717, 1.165) is 11.5 Å². The van der Waals surface area contributed by atoms with Crippen molar-refractivity contribution < 1.29 is 4.52 Å². The van der Waals surface area contributed by atoms with Gasteiger partial charge in [0.05, 0.1) is 6.54 Å². The van der Waals surface area contributed by atoms with E-state index in [4.69, 9.17) is 10.4 Å². The Bertz CT molecular complexity index is 293. The maximum absolute atomic E-state index is 5.17. The Labute approximate surface area is 76.2 Å². The average Bonchev–Trinajstić information content (AvgIpc) is 2.53. The molecule has 0 fully saturated rings. The van der Waals surface area contributed by atoms with E-state index in [-0.39, 0.29) is 0 Å². The first-order valence-corrected chi connectivity index (χ1v) is 3.85. The van der Waals surface area contributed by atoms with E-state index >= 15 is 0 Å². The number of hydrogen-bond acceptors (Lipinski definition) is 4. The maximum Gasteiger partial charge on any atom is 0.205 e. The molecule has 1 rings (SSSR count). The average molecular weight is 183 g/mol. The highest BCUT2D eigenvalue weighted by atomic mass is 16.5. The highest BCUT2D eigenvalue weighted by Gasteiger charge is 2.00. The summed E-state index contributed by atoms with van der Waals surface area (Å²) in [5.74, 6) is 6.46. The number of nitrogens with two attached hydrogens (primary N) is 1. The standard InChI is InChI=1S/C7H13N5O/c1-5-3-6(12-13-5)4-10-7(9-2)11-8/h3H,4,8H2,1-2H3,(H2,9,10,11). The number of aryl methyl sites for hydroxylation is 1. The van der Waals surface area contributed by atoms with Gasteiger partial charge in [0.15, 0.2) is 0 Å². The van der Waals surface area contributed by atoms with Crippen LogP contribution in [0.15, 0.2) is 15.6 Å². The minimum absolute atomic E-state index is 0.514. The molecule has 0 aromatic carbocycles. The summed E-state index contributed by atoms with van der Waals surface area (Å²) in [5.41, 5.74) is 3.22. The topological polar surface area (TPSA) is 88.5 Å². The Hall–Kier alpha value is -1.56. The minimum Gasteiger partial charge on any atom is -0.361 e. The molecule has 6 heteroatoms. The van der Waals surface area contributed by atoms with Crippen molar-refractivity contribution in [3.63, 3.8) is 0 Å². The van der Waals surface area contributed by atoms with Crippen LogP contribution in [0.2, 0.25) is 0 Å². The number of aromatic nitrogens is 1. The molecule has 0 amide bonds. The largest absolute Gasteiger partial charge is 0.361 e. The Morgan fingerprint density at radius 1 is 1.77 bits per heavy atom. The summed E-state index contributed by atoms with van der Waals surface area (Å²) < 4.78 is 4.88. The van der Waals surface area contributed by atoms with Gasteiger partial charge in [-0.2, -0.15) is 0 Å². The lowest BCUT2D eigenvalue weighted by Crippen LogP contribution is -2.41. The third kappa shape index (κ3) is 2.75. The first-order valence-electron chi connectivity index (χ1n) is 3.85. The van der Waals surface area contributed by atoms with E-state index in [2.05, 4.69) is 20.9 Å². The van der Waals surface area contributed by atoms with E-state index in [9.17, 15) is 0 Å². The van der Waals surface area contributed by atoms with Crippen molar-refractivity contribution in [3.8, 4) is 0 Å². The zero-order valence-electron chi connectivity index (χ0n) is 7.66. The fourth-order valence-corrected chi connectivity index (χ4v) is 0.870. The summed E-state index contributed by atoms with van der Waals surface area (Å²) in [5, 5.41) is 6.74. The van der Waals surface area contributed by atoms with Crippen LogP contribution in [0.25, 0.3) is 0 Å². The molecule has 0 saturated heterocycles. The van der Waals surface area contributed by atoms with Gasteiger partial charge in [0.25, 0.3) is 0 Å². The van der Waals surface area contributed by atoms with Gasteiger partial charge in [-0.1, -0.05) is 5.16 Å². The zero-order chi connectivity index (χ0) is 9.68. The third-order valence-electron chi connectivity index (χ3n) is 1.47. The molecule has 1 heterocycles. The molecule has 4 N–H and O–H groups in total. The third-order valence-corrected chi connectivity index (χ3v) is 1.47. The molecular weight excluding hydrogens is 170 g/mol. The van der Waals surface area contributed by atoms with Gasteiger partial charge in [-0.15, -0.1) is 0 Å². The number of hydrazine groups is 1. The van der Waals surface area contributed by atoms with Crippen molar-refractivity contribution in [2.24, 2.45) is 10.8 Å². The molecule has 0 radical (unpaired) electrons. The van der Waals surface area contributed by atoms with E-state index in [1.54, 1.807) is 7.05 Å². The van der Waals surface area contributed by atoms with Gasteiger partial charge in [-0.3, -0.25) is 10.4 Å². The van der Waals surface area contributed by atoms with Crippen molar-refractivity contribution in [3.05, 3.63) is 17.5 Å². The maximum atomic E-state index is 5.17. The number of nitrogens with zero attached hydrogens (tertiary/aromatic N) is 2. The Balaban J connectivity index is 2.43. The normalized spacial score (nSPS) is 11.5. The number of hydrogen-bond donors (Lipinski definition) is 3. The lowest BCUT2D eigenvalue weighted by Gasteiger charge is -2.04. The molecule has 0 spiro atoms. The molecule has 0 aliphatic rings. The highest BCUT2D eigenvalue weighted by Crippen LogP contribution is 1.99. The number of rotatable bonds is 2. The van der Waals surface area contributed by atoms with Crippen LogP contribution in [-0.2, 0) is 6.54 Å². The summed E-state index contributed by atoms with van der Waals surface area (Å²) in [7, 11) is 1.64. The summed E-state index contributed by atoms with van der Waals surface area (Å²) in [6.45, 7) is 2.38. The summed E-state index contributed by atoms with van der Waals surface area (Å²) in [6.07, 6.45) is 0. The van der Waals surface area contributed by atoms with E-state index in [1.165, 1.54) is 0 Å². The van der Waals surface area contributed by atoms with Gasteiger partial charge in [-0.25, -0.2) is 5.84 Å². The van der Waals surface area contributed by atoms with Gasteiger partial charge >= 0.3 is 0 Å². The van der Waals surface area contributed by atoms with Crippen LogP contribution in [0.1, 0.15) is 11.5 Å². The van der Waals surface area contributed by atoms with Crippen LogP contribution in [0.3, 0.4) is 0 Å². The lowest BCUT2D eigenvalue weighted by atomic mass is 10.4. The van der Waals surface area contributed by atoms with E-state index in [1.807, 2.05) is 13.0 Å². The second-order valence-electron chi connectivity index (χ2n) is 2.50. The first kappa shape index (κ1) is 9.53. The number of guanidine groups is 1. The highest BCUT2D eigenvalue weighted by molar-refractivity contribution is 5.78. The van der Waals surface area contributed by atoms with Crippen molar-refractivity contribution in [1.82, 2.24) is 15.9 Å². The second-order valence-corrected chi connectivity index (χ2v) is 2.50. The van der Waals surface area contributed by atoms with Gasteiger partial charge in [0.2, 0.25) is 5.96 Å². The molecule has 0 bridgehead atoms. The lowest BCUT2D eigenvalue weighted by molar-refractivity contribution is 0.390. The van der Waals surface area contributed by atoms with Gasteiger partial charge in [0.1, 0.15) is 11.5 Å². The van der Waals surface area contributed by atoms with Crippen molar-refractivity contribution >= 4 is 5.96 Å². The van der Waals surface area contributed by atoms with Crippen LogP contribution < -0.4 is 16.6 Å².